The maximum atomic E-state index is 12.2. The minimum absolute atomic E-state index is 0.169. The molecule has 0 aromatic heterocycles. The lowest BCUT2D eigenvalue weighted by Crippen LogP contribution is -2.47. The fourth-order valence-electron chi connectivity index (χ4n) is 1.63. The third-order valence-corrected chi connectivity index (χ3v) is 4.07. The van der Waals surface area contributed by atoms with Crippen molar-refractivity contribution in [3.8, 4) is 0 Å². The summed E-state index contributed by atoms with van der Waals surface area (Å²) in [5.41, 5.74) is 0. The third kappa shape index (κ3) is 2.98. The van der Waals surface area contributed by atoms with Crippen LogP contribution in [0.1, 0.15) is 20.8 Å². The molecule has 0 aliphatic carbocycles. The highest BCUT2D eigenvalue weighted by Gasteiger charge is 2.42. The Bertz CT molecular complexity index is 308. The number of alkyl halides is 1. The molecule has 0 aromatic carbocycles. The molecule has 0 radical (unpaired) electrons. The molecule has 5 nitrogen and oxygen atoms in total. The molecule has 6 heteroatoms. The zero-order chi connectivity index (χ0) is 13.2. The van der Waals surface area contributed by atoms with Crippen molar-refractivity contribution in [3.63, 3.8) is 0 Å². The molecule has 17 heavy (non-hydrogen) atoms. The van der Waals surface area contributed by atoms with Crippen LogP contribution in [0.3, 0.4) is 0 Å². The Labute approximate surface area is 110 Å². The first-order valence-electron chi connectivity index (χ1n) is 5.56. The zero-order valence-electron chi connectivity index (χ0n) is 10.5. The monoisotopic (exact) mass is 307 g/mol. The Morgan fingerprint density at radius 3 is 2.59 bits per heavy atom. The van der Waals surface area contributed by atoms with Crippen molar-refractivity contribution in [2.24, 2.45) is 5.92 Å². The van der Waals surface area contributed by atoms with Crippen LogP contribution in [0.2, 0.25) is 0 Å². The Balaban J connectivity index is 2.82. The second kappa shape index (κ2) is 5.82. The summed E-state index contributed by atoms with van der Waals surface area (Å²) in [4.78, 5) is 24.4. The van der Waals surface area contributed by atoms with Crippen molar-refractivity contribution in [1.29, 1.82) is 0 Å². The van der Waals surface area contributed by atoms with Crippen LogP contribution in [0.15, 0.2) is 0 Å². The summed E-state index contributed by atoms with van der Waals surface area (Å²) in [6.07, 6.45) is -0.870. The van der Waals surface area contributed by atoms with Gasteiger partial charge in [0, 0.05) is 7.11 Å². The second-order valence-electron chi connectivity index (χ2n) is 4.44. The van der Waals surface area contributed by atoms with Gasteiger partial charge in [0.1, 0.15) is 11.4 Å². The molecule has 2 amide bonds. The number of rotatable bonds is 4. The van der Waals surface area contributed by atoms with Crippen LogP contribution in [0.25, 0.3) is 0 Å². The number of halogens is 1. The number of amides is 2. The van der Waals surface area contributed by atoms with Crippen molar-refractivity contribution in [1.82, 2.24) is 4.90 Å². The molecule has 0 spiro atoms. The maximum Gasteiger partial charge on any atom is 0.417 e. The summed E-state index contributed by atoms with van der Waals surface area (Å²) < 4.78 is 10.0. The topological polar surface area (TPSA) is 55.8 Å². The number of hydrogen-bond donors (Lipinski definition) is 0. The van der Waals surface area contributed by atoms with Crippen LogP contribution >= 0.6 is 15.9 Å². The molecule has 3 atom stereocenters. The largest absolute Gasteiger partial charge is 0.447 e. The standard InChI is InChI=1S/C11H18BrNO4/c1-6(2)8-5-17-11(15)13(8)10(14)9(12)7(3)16-4/h6-9H,5H2,1-4H3/t7-,8+,9-/m0/s1. The van der Waals surface area contributed by atoms with Crippen molar-refractivity contribution in [3.05, 3.63) is 0 Å². The van der Waals surface area contributed by atoms with Gasteiger partial charge >= 0.3 is 6.09 Å². The number of carbonyl (C=O) groups is 2. The molecule has 0 aromatic rings. The number of methoxy groups -OCH3 is 1. The molecule has 1 heterocycles. The number of imide groups is 1. The minimum Gasteiger partial charge on any atom is -0.447 e. The summed E-state index contributed by atoms with van der Waals surface area (Å²) in [6.45, 7) is 5.94. The highest BCUT2D eigenvalue weighted by Crippen LogP contribution is 2.23. The van der Waals surface area contributed by atoms with Gasteiger partial charge in [0.25, 0.3) is 0 Å². The predicted molar refractivity (Wildman–Crippen MR) is 66.0 cm³/mol. The van der Waals surface area contributed by atoms with Crippen LogP contribution in [-0.4, -0.2) is 47.6 Å². The number of hydrogen-bond acceptors (Lipinski definition) is 4. The Hall–Kier alpha value is -0.620. The normalized spacial score (nSPS) is 23.8. The van der Waals surface area contributed by atoms with E-state index in [0.29, 0.717) is 0 Å². The van der Waals surface area contributed by atoms with Crippen molar-refractivity contribution in [2.45, 2.75) is 37.7 Å². The quantitative estimate of drug-likeness (QED) is 0.743. The van der Waals surface area contributed by atoms with E-state index in [9.17, 15) is 9.59 Å². The van der Waals surface area contributed by atoms with E-state index in [2.05, 4.69) is 15.9 Å². The van der Waals surface area contributed by atoms with Gasteiger partial charge in [0.2, 0.25) is 5.91 Å². The Morgan fingerprint density at radius 1 is 1.53 bits per heavy atom. The van der Waals surface area contributed by atoms with Crippen molar-refractivity contribution >= 4 is 27.9 Å². The van der Waals surface area contributed by atoms with Gasteiger partial charge in [-0.15, -0.1) is 0 Å². The van der Waals surface area contributed by atoms with Crippen LogP contribution in [-0.2, 0) is 14.3 Å². The van der Waals surface area contributed by atoms with E-state index in [1.165, 1.54) is 12.0 Å². The van der Waals surface area contributed by atoms with Gasteiger partial charge < -0.3 is 9.47 Å². The third-order valence-electron chi connectivity index (χ3n) is 2.93. The van der Waals surface area contributed by atoms with Crippen LogP contribution in [0.4, 0.5) is 4.79 Å². The molecular weight excluding hydrogens is 290 g/mol. The lowest BCUT2D eigenvalue weighted by Gasteiger charge is -2.26. The fourth-order valence-corrected chi connectivity index (χ4v) is 2.07. The second-order valence-corrected chi connectivity index (χ2v) is 5.43. The molecule has 1 rings (SSSR count). The lowest BCUT2D eigenvalue weighted by molar-refractivity contribution is -0.131. The molecule has 0 N–H and O–H groups in total. The van der Waals surface area contributed by atoms with Gasteiger partial charge in [-0.3, -0.25) is 4.79 Å². The molecule has 1 aliphatic heterocycles. The number of ether oxygens (including phenoxy) is 2. The summed E-state index contributed by atoms with van der Waals surface area (Å²) in [5, 5.41) is 0. The van der Waals surface area contributed by atoms with E-state index < -0.39 is 10.9 Å². The Morgan fingerprint density at radius 2 is 2.12 bits per heavy atom. The molecule has 1 aliphatic rings. The highest BCUT2D eigenvalue weighted by atomic mass is 79.9. The number of nitrogens with zero attached hydrogens (tertiary/aromatic N) is 1. The first kappa shape index (κ1) is 14.4. The molecule has 0 unspecified atom stereocenters. The first-order valence-corrected chi connectivity index (χ1v) is 6.48. The summed E-state index contributed by atoms with van der Waals surface area (Å²) in [5.74, 6) is -0.136. The van der Waals surface area contributed by atoms with Gasteiger partial charge in [-0.25, -0.2) is 9.69 Å². The van der Waals surface area contributed by atoms with E-state index in [1.807, 2.05) is 13.8 Å². The molecule has 1 fully saturated rings. The van der Waals surface area contributed by atoms with E-state index >= 15 is 0 Å². The highest BCUT2D eigenvalue weighted by molar-refractivity contribution is 9.10. The van der Waals surface area contributed by atoms with Gasteiger partial charge in [0.05, 0.1) is 12.1 Å². The van der Waals surface area contributed by atoms with Gasteiger partial charge in [-0.2, -0.15) is 0 Å². The molecule has 98 valence electrons. The molecule has 0 bridgehead atoms. The zero-order valence-corrected chi connectivity index (χ0v) is 12.1. The average molecular weight is 308 g/mol. The van der Waals surface area contributed by atoms with Crippen molar-refractivity contribution < 1.29 is 19.1 Å². The number of carbonyl (C=O) groups excluding carboxylic acids is 2. The van der Waals surface area contributed by atoms with Gasteiger partial charge in [0.15, 0.2) is 0 Å². The van der Waals surface area contributed by atoms with Crippen LogP contribution in [0.5, 0.6) is 0 Å². The maximum absolute atomic E-state index is 12.2. The predicted octanol–water partition coefficient (Wildman–Crippen LogP) is 1.79. The lowest BCUT2D eigenvalue weighted by atomic mass is 10.0. The first-order chi connectivity index (χ1) is 7.90. The van der Waals surface area contributed by atoms with Crippen LogP contribution in [0, 0.1) is 5.92 Å². The van der Waals surface area contributed by atoms with E-state index in [1.54, 1.807) is 6.92 Å². The van der Waals surface area contributed by atoms with Gasteiger partial charge in [-0.1, -0.05) is 29.8 Å². The van der Waals surface area contributed by atoms with Crippen LogP contribution < -0.4 is 0 Å². The summed E-state index contributed by atoms with van der Waals surface area (Å²) >= 11 is 3.26. The molecule has 0 saturated carbocycles. The van der Waals surface area contributed by atoms with E-state index in [4.69, 9.17) is 9.47 Å². The van der Waals surface area contributed by atoms with Crippen molar-refractivity contribution in [2.75, 3.05) is 13.7 Å². The fraction of sp³-hybridized carbons (Fsp3) is 0.818. The summed E-state index contributed by atoms with van der Waals surface area (Å²) in [7, 11) is 1.52. The van der Waals surface area contributed by atoms with E-state index in [-0.39, 0.29) is 30.6 Å². The van der Waals surface area contributed by atoms with E-state index in [0.717, 1.165) is 0 Å². The van der Waals surface area contributed by atoms with Gasteiger partial charge in [-0.05, 0) is 12.8 Å². The Kier molecular flexibility index (Phi) is 4.94. The minimum atomic E-state index is -0.568. The molecule has 1 saturated heterocycles. The smallest absolute Gasteiger partial charge is 0.417 e. The number of cyclic esters (lactones) is 1. The summed E-state index contributed by atoms with van der Waals surface area (Å²) in [6, 6.07) is -0.195. The SMILES string of the molecule is CO[C@@H](C)[C@H](Br)C(=O)N1C(=O)OC[C@@H]1C(C)C. The molecular formula is C11H18BrNO4. The average Bonchev–Trinajstić information content (AvgIpc) is 2.68.